The molecular formula is C22H22N2O2. The van der Waals surface area contributed by atoms with Crippen molar-refractivity contribution < 1.29 is 9.21 Å². The van der Waals surface area contributed by atoms with Crippen LogP contribution in [0.2, 0.25) is 0 Å². The van der Waals surface area contributed by atoms with Crippen molar-refractivity contribution in [1.29, 1.82) is 0 Å². The van der Waals surface area contributed by atoms with Crippen molar-refractivity contribution in [3.05, 3.63) is 89.9 Å². The molecule has 1 unspecified atom stereocenters. The van der Waals surface area contributed by atoms with Gasteiger partial charge < -0.3 is 14.6 Å². The minimum Gasteiger partial charge on any atom is -0.467 e. The molecule has 0 fully saturated rings. The average Bonchev–Trinajstić information content (AvgIpc) is 3.19. The number of para-hydroxylation sites is 1. The van der Waals surface area contributed by atoms with Crippen LogP contribution in [-0.4, -0.2) is 10.8 Å². The quantitative estimate of drug-likeness (QED) is 0.707. The second-order valence-electron chi connectivity index (χ2n) is 6.62. The van der Waals surface area contributed by atoms with Crippen molar-refractivity contribution in [2.75, 3.05) is 5.32 Å². The standard InChI is InChI=1S/C22H22N2O2/c1-2-14-22(17-9-4-3-5-10-17)23-20-13-7-6-12-19(20)21(25)24(22)16-18-11-8-15-26-18/h3-13,15,23H,2,14,16H2,1H3. The summed E-state index contributed by atoms with van der Waals surface area (Å²) in [6.07, 6.45) is 3.39. The summed E-state index contributed by atoms with van der Waals surface area (Å²) in [5.74, 6) is 0.795. The van der Waals surface area contributed by atoms with Gasteiger partial charge in [0, 0.05) is 5.69 Å². The predicted molar refractivity (Wildman–Crippen MR) is 102 cm³/mol. The van der Waals surface area contributed by atoms with Crippen LogP contribution in [-0.2, 0) is 12.2 Å². The number of hydrogen-bond donors (Lipinski definition) is 1. The van der Waals surface area contributed by atoms with E-state index in [9.17, 15) is 4.79 Å². The van der Waals surface area contributed by atoms with E-state index in [1.165, 1.54) is 0 Å². The maximum Gasteiger partial charge on any atom is 0.258 e. The molecule has 26 heavy (non-hydrogen) atoms. The van der Waals surface area contributed by atoms with Gasteiger partial charge in [-0.3, -0.25) is 4.79 Å². The third-order valence-corrected chi connectivity index (χ3v) is 4.96. The van der Waals surface area contributed by atoms with Crippen LogP contribution in [0.3, 0.4) is 0 Å². The number of carbonyl (C=O) groups is 1. The van der Waals surface area contributed by atoms with Crippen LogP contribution in [0.4, 0.5) is 5.69 Å². The van der Waals surface area contributed by atoms with Crippen LogP contribution in [0.5, 0.6) is 0 Å². The SMILES string of the molecule is CCCC1(c2ccccc2)Nc2ccccc2C(=O)N1Cc1ccco1. The summed E-state index contributed by atoms with van der Waals surface area (Å²) in [4.78, 5) is 15.4. The van der Waals surface area contributed by atoms with Crippen LogP contribution in [0.1, 0.15) is 41.4 Å². The topological polar surface area (TPSA) is 45.5 Å². The monoisotopic (exact) mass is 346 g/mol. The number of anilines is 1. The lowest BCUT2D eigenvalue weighted by atomic mass is 9.88. The number of nitrogens with zero attached hydrogens (tertiary/aromatic N) is 1. The van der Waals surface area contributed by atoms with E-state index in [0.717, 1.165) is 29.9 Å². The van der Waals surface area contributed by atoms with Crippen LogP contribution in [0, 0.1) is 0 Å². The fourth-order valence-electron chi connectivity index (χ4n) is 3.80. The number of fused-ring (bicyclic) bond motifs is 1. The number of rotatable bonds is 5. The number of nitrogens with one attached hydrogen (secondary N) is 1. The summed E-state index contributed by atoms with van der Waals surface area (Å²) in [5, 5.41) is 3.68. The number of hydrogen-bond acceptors (Lipinski definition) is 3. The summed E-state index contributed by atoms with van der Waals surface area (Å²) < 4.78 is 5.56. The molecule has 2 aromatic carbocycles. The molecule has 0 saturated heterocycles. The Hall–Kier alpha value is -3.01. The summed E-state index contributed by atoms with van der Waals surface area (Å²) in [6, 6.07) is 21.7. The number of furan rings is 1. The molecule has 0 saturated carbocycles. The Morgan fingerprint density at radius 1 is 1.00 bits per heavy atom. The Labute approximate surface area is 153 Å². The molecule has 0 aliphatic carbocycles. The Morgan fingerprint density at radius 3 is 2.50 bits per heavy atom. The molecule has 1 atom stereocenters. The normalized spacial score (nSPS) is 19.1. The molecule has 1 N–H and O–H groups in total. The van der Waals surface area contributed by atoms with E-state index < -0.39 is 5.66 Å². The molecule has 4 nitrogen and oxygen atoms in total. The van der Waals surface area contributed by atoms with Gasteiger partial charge in [-0.05, 0) is 36.2 Å². The zero-order chi connectivity index (χ0) is 18.0. The molecule has 1 aliphatic heterocycles. The maximum atomic E-state index is 13.5. The lowest BCUT2D eigenvalue weighted by molar-refractivity contribution is 0.0415. The third-order valence-electron chi connectivity index (χ3n) is 4.96. The lowest BCUT2D eigenvalue weighted by Crippen LogP contribution is -2.57. The Kier molecular flexibility index (Phi) is 4.25. The van der Waals surface area contributed by atoms with Crippen molar-refractivity contribution in [3.8, 4) is 0 Å². The van der Waals surface area contributed by atoms with Crippen LogP contribution >= 0.6 is 0 Å². The van der Waals surface area contributed by atoms with Gasteiger partial charge >= 0.3 is 0 Å². The van der Waals surface area contributed by atoms with E-state index in [2.05, 4.69) is 24.4 Å². The highest BCUT2D eigenvalue weighted by Gasteiger charge is 2.45. The molecule has 2 heterocycles. The maximum absolute atomic E-state index is 13.5. The first kappa shape index (κ1) is 16.5. The molecule has 0 bridgehead atoms. The van der Waals surface area contributed by atoms with Gasteiger partial charge in [-0.15, -0.1) is 0 Å². The van der Waals surface area contributed by atoms with Gasteiger partial charge in [0.15, 0.2) is 0 Å². The molecule has 132 valence electrons. The van der Waals surface area contributed by atoms with Gasteiger partial charge in [0.05, 0.1) is 18.4 Å². The van der Waals surface area contributed by atoms with E-state index in [1.54, 1.807) is 6.26 Å². The Bertz CT molecular complexity index is 890. The van der Waals surface area contributed by atoms with E-state index in [-0.39, 0.29) is 5.91 Å². The molecule has 1 amide bonds. The van der Waals surface area contributed by atoms with E-state index in [4.69, 9.17) is 4.42 Å². The summed E-state index contributed by atoms with van der Waals surface area (Å²) >= 11 is 0. The van der Waals surface area contributed by atoms with Crippen molar-refractivity contribution in [2.45, 2.75) is 32.0 Å². The summed E-state index contributed by atoms with van der Waals surface area (Å²) in [7, 11) is 0. The summed E-state index contributed by atoms with van der Waals surface area (Å²) in [6.45, 7) is 2.56. The largest absolute Gasteiger partial charge is 0.467 e. The van der Waals surface area contributed by atoms with Gasteiger partial charge in [-0.2, -0.15) is 0 Å². The fraction of sp³-hybridized carbons (Fsp3) is 0.227. The van der Waals surface area contributed by atoms with Crippen molar-refractivity contribution in [3.63, 3.8) is 0 Å². The smallest absolute Gasteiger partial charge is 0.258 e. The highest BCUT2D eigenvalue weighted by atomic mass is 16.3. The van der Waals surface area contributed by atoms with Crippen LogP contribution < -0.4 is 5.32 Å². The second kappa shape index (κ2) is 6.71. The van der Waals surface area contributed by atoms with E-state index in [1.807, 2.05) is 59.5 Å². The van der Waals surface area contributed by atoms with Gasteiger partial charge in [0.2, 0.25) is 0 Å². The highest BCUT2D eigenvalue weighted by molar-refractivity contribution is 6.02. The zero-order valence-corrected chi connectivity index (χ0v) is 14.8. The molecule has 0 spiro atoms. The minimum absolute atomic E-state index is 0.0213. The average molecular weight is 346 g/mol. The fourth-order valence-corrected chi connectivity index (χ4v) is 3.80. The first-order valence-corrected chi connectivity index (χ1v) is 9.01. The number of carbonyl (C=O) groups excluding carboxylic acids is 1. The van der Waals surface area contributed by atoms with Crippen molar-refractivity contribution in [1.82, 2.24) is 4.90 Å². The second-order valence-corrected chi connectivity index (χ2v) is 6.62. The van der Waals surface area contributed by atoms with Gasteiger partial charge in [0.25, 0.3) is 5.91 Å². The molecule has 3 aromatic rings. The van der Waals surface area contributed by atoms with Crippen LogP contribution in [0.15, 0.2) is 77.4 Å². The molecule has 0 radical (unpaired) electrons. The van der Waals surface area contributed by atoms with Crippen molar-refractivity contribution in [2.24, 2.45) is 0 Å². The Balaban J connectivity index is 1.88. The van der Waals surface area contributed by atoms with Gasteiger partial charge in [-0.1, -0.05) is 55.8 Å². The van der Waals surface area contributed by atoms with E-state index in [0.29, 0.717) is 12.1 Å². The molecule has 1 aromatic heterocycles. The highest BCUT2D eigenvalue weighted by Crippen LogP contribution is 2.41. The minimum atomic E-state index is -0.603. The van der Waals surface area contributed by atoms with E-state index >= 15 is 0 Å². The number of amides is 1. The first-order chi connectivity index (χ1) is 12.7. The molecule has 4 heteroatoms. The summed E-state index contributed by atoms with van der Waals surface area (Å²) in [5.41, 5.74) is 2.05. The van der Waals surface area contributed by atoms with Gasteiger partial charge in [-0.25, -0.2) is 0 Å². The Morgan fingerprint density at radius 2 is 1.77 bits per heavy atom. The molecule has 1 aliphatic rings. The number of benzene rings is 2. The predicted octanol–water partition coefficient (Wildman–Crippen LogP) is 5.00. The lowest BCUT2D eigenvalue weighted by Gasteiger charge is -2.48. The third kappa shape index (κ3) is 2.68. The first-order valence-electron chi connectivity index (χ1n) is 9.01. The van der Waals surface area contributed by atoms with Gasteiger partial charge in [0.1, 0.15) is 11.4 Å². The van der Waals surface area contributed by atoms with Crippen LogP contribution in [0.25, 0.3) is 0 Å². The zero-order valence-electron chi connectivity index (χ0n) is 14.8. The van der Waals surface area contributed by atoms with Crippen molar-refractivity contribution >= 4 is 11.6 Å². The molecule has 4 rings (SSSR count). The molecular weight excluding hydrogens is 324 g/mol.